The first-order chi connectivity index (χ1) is 10.9. The molecule has 1 aromatic heterocycles. The minimum Gasteiger partial charge on any atom is -0.334 e. The Kier molecular flexibility index (Phi) is 4.44. The lowest BCUT2D eigenvalue weighted by atomic mass is 10.1. The molecule has 1 aliphatic rings. The molecule has 3 rings (SSSR count). The molecule has 1 fully saturated rings. The van der Waals surface area contributed by atoms with E-state index >= 15 is 0 Å². The summed E-state index contributed by atoms with van der Waals surface area (Å²) in [5.74, 6) is -0.197. The molecule has 2 N–H and O–H groups in total. The molecule has 1 saturated heterocycles. The molecule has 1 aliphatic heterocycles. The number of amides is 1. The van der Waals surface area contributed by atoms with Crippen LogP contribution in [0.4, 0.5) is 0 Å². The van der Waals surface area contributed by atoms with Crippen molar-refractivity contribution in [3.8, 4) is 0 Å². The molecule has 0 bridgehead atoms. The lowest BCUT2D eigenvalue weighted by Crippen LogP contribution is -2.39. The number of nitrogens with two attached hydrogens (primary N) is 1. The minimum atomic E-state index is -3.23. The van der Waals surface area contributed by atoms with E-state index in [1.165, 1.54) is 17.6 Å². The highest BCUT2D eigenvalue weighted by Gasteiger charge is 2.31. The van der Waals surface area contributed by atoms with Crippen molar-refractivity contribution in [3.05, 3.63) is 34.7 Å². The van der Waals surface area contributed by atoms with Crippen LogP contribution in [-0.4, -0.2) is 44.6 Å². The molecular formula is C16H20N2O3S2. The molecule has 0 spiro atoms. The Morgan fingerprint density at radius 1 is 1.39 bits per heavy atom. The van der Waals surface area contributed by atoms with Crippen LogP contribution in [0, 0.1) is 0 Å². The Bertz CT molecular complexity index is 842. The fourth-order valence-electron chi connectivity index (χ4n) is 3.16. The van der Waals surface area contributed by atoms with E-state index in [-0.39, 0.29) is 17.7 Å². The van der Waals surface area contributed by atoms with Crippen LogP contribution in [0.3, 0.4) is 0 Å². The van der Waals surface area contributed by atoms with E-state index in [9.17, 15) is 13.2 Å². The quantitative estimate of drug-likeness (QED) is 0.913. The van der Waals surface area contributed by atoms with Crippen molar-refractivity contribution in [3.63, 3.8) is 0 Å². The van der Waals surface area contributed by atoms with E-state index in [2.05, 4.69) is 0 Å². The molecule has 0 radical (unpaired) electrons. The number of likely N-dealkylation sites (tertiary alicyclic amines) is 1. The van der Waals surface area contributed by atoms with Gasteiger partial charge in [0.1, 0.15) is 0 Å². The van der Waals surface area contributed by atoms with Gasteiger partial charge in [0.25, 0.3) is 5.91 Å². The van der Waals surface area contributed by atoms with Crippen molar-refractivity contribution in [2.75, 3.05) is 19.3 Å². The predicted molar refractivity (Wildman–Crippen MR) is 93.5 cm³/mol. The molecule has 1 aromatic carbocycles. The van der Waals surface area contributed by atoms with E-state index in [1.54, 1.807) is 4.90 Å². The van der Waals surface area contributed by atoms with Gasteiger partial charge in [0, 0.05) is 30.1 Å². The molecular weight excluding hydrogens is 332 g/mol. The highest BCUT2D eigenvalue weighted by molar-refractivity contribution is 7.89. The third-order valence-electron chi connectivity index (χ3n) is 4.21. The SMILES string of the molecule is CS(=O)(=O)Cc1c(C(=O)N2CCCC2CN)sc2ccccc12. The summed E-state index contributed by atoms with van der Waals surface area (Å²) in [5.41, 5.74) is 6.39. The van der Waals surface area contributed by atoms with Gasteiger partial charge in [-0.15, -0.1) is 11.3 Å². The molecule has 7 heteroatoms. The van der Waals surface area contributed by atoms with Crippen LogP contribution in [0.15, 0.2) is 24.3 Å². The summed E-state index contributed by atoms with van der Waals surface area (Å²) in [4.78, 5) is 15.3. The van der Waals surface area contributed by atoms with Crippen molar-refractivity contribution in [2.45, 2.75) is 24.6 Å². The molecule has 0 aliphatic carbocycles. The zero-order valence-electron chi connectivity index (χ0n) is 13.0. The van der Waals surface area contributed by atoms with E-state index < -0.39 is 9.84 Å². The van der Waals surface area contributed by atoms with Gasteiger partial charge in [-0.3, -0.25) is 4.79 Å². The highest BCUT2D eigenvalue weighted by Crippen LogP contribution is 2.34. The van der Waals surface area contributed by atoms with Crippen molar-refractivity contribution in [1.29, 1.82) is 0 Å². The second-order valence-corrected chi connectivity index (χ2v) is 9.20. The fourth-order valence-corrected chi connectivity index (χ4v) is 5.25. The average Bonchev–Trinajstić information content (AvgIpc) is 3.10. The fraction of sp³-hybridized carbons (Fsp3) is 0.438. The number of nitrogens with zero attached hydrogens (tertiary/aromatic N) is 1. The maximum absolute atomic E-state index is 13.0. The van der Waals surface area contributed by atoms with Crippen LogP contribution in [0.1, 0.15) is 28.1 Å². The summed E-state index contributed by atoms with van der Waals surface area (Å²) >= 11 is 1.38. The van der Waals surface area contributed by atoms with Gasteiger partial charge >= 0.3 is 0 Å². The Morgan fingerprint density at radius 3 is 2.83 bits per heavy atom. The Morgan fingerprint density at radius 2 is 2.13 bits per heavy atom. The van der Waals surface area contributed by atoms with Crippen molar-refractivity contribution < 1.29 is 13.2 Å². The smallest absolute Gasteiger partial charge is 0.264 e. The summed E-state index contributed by atoms with van der Waals surface area (Å²) in [6, 6.07) is 7.63. The third kappa shape index (κ3) is 3.27. The van der Waals surface area contributed by atoms with Gasteiger partial charge in [-0.05, 0) is 29.9 Å². The number of hydrogen-bond acceptors (Lipinski definition) is 5. The molecule has 1 unspecified atom stereocenters. The van der Waals surface area contributed by atoms with Crippen LogP contribution in [-0.2, 0) is 15.6 Å². The topological polar surface area (TPSA) is 80.5 Å². The monoisotopic (exact) mass is 352 g/mol. The third-order valence-corrected chi connectivity index (χ3v) is 6.22. The number of benzene rings is 1. The summed E-state index contributed by atoms with van der Waals surface area (Å²) in [6.45, 7) is 1.13. The normalized spacial score (nSPS) is 18.7. The summed E-state index contributed by atoms with van der Waals surface area (Å²) in [7, 11) is -3.23. The van der Waals surface area contributed by atoms with Gasteiger partial charge in [0.15, 0.2) is 9.84 Å². The van der Waals surface area contributed by atoms with E-state index in [1.807, 2.05) is 24.3 Å². The van der Waals surface area contributed by atoms with Gasteiger partial charge in [0.2, 0.25) is 0 Å². The van der Waals surface area contributed by atoms with Crippen LogP contribution >= 0.6 is 11.3 Å². The minimum absolute atomic E-state index is 0.0544. The van der Waals surface area contributed by atoms with Crippen molar-refractivity contribution >= 4 is 37.2 Å². The van der Waals surface area contributed by atoms with E-state index in [4.69, 9.17) is 5.73 Å². The number of thiophene rings is 1. The summed E-state index contributed by atoms with van der Waals surface area (Å²) < 4.78 is 24.6. The van der Waals surface area contributed by atoms with Gasteiger partial charge < -0.3 is 10.6 Å². The lowest BCUT2D eigenvalue weighted by molar-refractivity contribution is 0.0745. The maximum Gasteiger partial charge on any atom is 0.264 e. The molecule has 2 aromatic rings. The van der Waals surface area contributed by atoms with Crippen LogP contribution in [0.5, 0.6) is 0 Å². The molecule has 1 atom stereocenters. The van der Waals surface area contributed by atoms with Crippen molar-refractivity contribution in [1.82, 2.24) is 4.90 Å². The Balaban J connectivity index is 2.09. The lowest BCUT2D eigenvalue weighted by Gasteiger charge is -2.23. The van der Waals surface area contributed by atoms with E-state index in [0.29, 0.717) is 23.5 Å². The van der Waals surface area contributed by atoms with Gasteiger partial charge in [0.05, 0.1) is 10.6 Å². The Labute approximate surface area is 140 Å². The number of carbonyl (C=O) groups is 1. The van der Waals surface area contributed by atoms with Gasteiger partial charge in [-0.25, -0.2) is 8.42 Å². The summed E-state index contributed by atoms with van der Waals surface area (Å²) in [6.07, 6.45) is 3.06. The van der Waals surface area contributed by atoms with Gasteiger partial charge in [-0.1, -0.05) is 18.2 Å². The molecule has 0 saturated carbocycles. The predicted octanol–water partition coefficient (Wildman–Crippen LogP) is 2.01. The first kappa shape index (κ1) is 16.4. The molecule has 124 valence electrons. The molecule has 5 nitrogen and oxygen atoms in total. The van der Waals surface area contributed by atoms with Gasteiger partial charge in [-0.2, -0.15) is 0 Å². The van der Waals surface area contributed by atoms with Crippen molar-refractivity contribution in [2.24, 2.45) is 5.73 Å². The number of fused-ring (bicyclic) bond motifs is 1. The highest BCUT2D eigenvalue weighted by atomic mass is 32.2. The first-order valence-corrected chi connectivity index (χ1v) is 10.5. The number of rotatable bonds is 4. The maximum atomic E-state index is 13.0. The zero-order chi connectivity index (χ0) is 16.6. The van der Waals surface area contributed by atoms with E-state index in [0.717, 1.165) is 22.9 Å². The number of sulfone groups is 1. The first-order valence-electron chi connectivity index (χ1n) is 7.60. The largest absolute Gasteiger partial charge is 0.334 e. The molecule has 2 heterocycles. The summed E-state index contributed by atoms with van der Waals surface area (Å²) in [5, 5.41) is 0.856. The molecule has 1 amide bonds. The standard InChI is InChI=1S/C16H20N2O3S2/c1-23(20,21)10-13-12-6-2-3-7-14(12)22-15(13)16(19)18-8-4-5-11(18)9-17/h2-3,6-7,11H,4-5,8-10,17H2,1H3. The Hall–Kier alpha value is -1.44. The number of hydrogen-bond donors (Lipinski definition) is 1. The number of carbonyl (C=O) groups excluding carboxylic acids is 1. The van der Waals surface area contributed by atoms with Crippen LogP contribution in [0.2, 0.25) is 0 Å². The average molecular weight is 352 g/mol. The second kappa shape index (κ2) is 6.22. The van der Waals surface area contributed by atoms with Crippen LogP contribution in [0.25, 0.3) is 10.1 Å². The second-order valence-electron chi connectivity index (χ2n) is 6.01. The molecule has 23 heavy (non-hydrogen) atoms. The van der Waals surface area contributed by atoms with Crippen LogP contribution < -0.4 is 5.73 Å². The zero-order valence-corrected chi connectivity index (χ0v) is 14.6.